The van der Waals surface area contributed by atoms with Gasteiger partial charge in [-0.05, 0) is 36.8 Å². The van der Waals surface area contributed by atoms with E-state index in [1.807, 2.05) is 0 Å². The Morgan fingerprint density at radius 1 is 0.968 bits per heavy atom. The third-order valence-corrected chi connectivity index (χ3v) is 4.80. The molecular formula is C23H26N4O4. The number of nitrogens with one attached hydrogen (secondary N) is 3. The zero-order chi connectivity index (χ0) is 22.1. The molecule has 0 saturated heterocycles. The molecule has 0 unspecified atom stereocenters. The van der Waals surface area contributed by atoms with Crippen LogP contribution in [0, 0.1) is 0 Å². The Morgan fingerprint density at radius 2 is 1.71 bits per heavy atom. The summed E-state index contributed by atoms with van der Waals surface area (Å²) < 4.78 is 5.66. The van der Waals surface area contributed by atoms with Crippen molar-refractivity contribution in [3.63, 3.8) is 0 Å². The summed E-state index contributed by atoms with van der Waals surface area (Å²) in [6, 6.07) is 13.6. The molecule has 0 bridgehead atoms. The molecule has 0 spiro atoms. The van der Waals surface area contributed by atoms with E-state index in [-0.39, 0.29) is 12.0 Å². The Kier molecular flexibility index (Phi) is 7.75. The summed E-state index contributed by atoms with van der Waals surface area (Å²) in [5, 5.41) is 7.39. The van der Waals surface area contributed by atoms with Crippen LogP contribution < -0.4 is 21.1 Å². The van der Waals surface area contributed by atoms with Gasteiger partial charge in [0.25, 0.3) is 11.5 Å². The second kappa shape index (κ2) is 10.9. The number of amides is 2. The van der Waals surface area contributed by atoms with Crippen molar-refractivity contribution in [2.24, 2.45) is 0 Å². The number of benzene rings is 2. The van der Waals surface area contributed by atoms with Crippen LogP contribution in [0.15, 0.2) is 53.3 Å². The fourth-order valence-corrected chi connectivity index (χ4v) is 3.12. The molecule has 2 aromatic carbocycles. The SMILES string of the molecule is CCCCCCOc1ccc(C(=O)NNC(=O)Cc2n[nH]c(=O)c3ccccc23)cc1. The van der Waals surface area contributed by atoms with Gasteiger partial charge in [0.1, 0.15) is 5.75 Å². The van der Waals surface area contributed by atoms with Crippen molar-refractivity contribution in [2.75, 3.05) is 6.61 Å². The molecular weight excluding hydrogens is 396 g/mol. The van der Waals surface area contributed by atoms with Crippen molar-refractivity contribution in [3.8, 4) is 5.75 Å². The van der Waals surface area contributed by atoms with E-state index in [0.717, 1.165) is 12.8 Å². The Hall–Kier alpha value is -3.68. The summed E-state index contributed by atoms with van der Waals surface area (Å²) in [7, 11) is 0. The summed E-state index contributed by atoms with van der Waals surface area (Å²) in [6.45, 7) is 2.81. The molecule has 3 rings (SSSR count). The van der Waals surface area contributed by atoms with E-state index in [1.165, 1.54) is 12.8 Å². The monoisotopic (exact) mass is 422 g/mol. The van der Waals surface area contributed by atoms with Crippen LogP contribution in [0.1, 0.15) is 48.7 Å². The molecule has 3 aromatic rings. The molecule has 2 amide bonds. The summed E-state index contributed by atoms with van der Waals surface area (Å²) in [5.74, 6) is -0.194. The number of fused-ring (bicyclic) bond motifs is 1. The largest absolute Gasteiger partial charge is 0.494 e. The van der Waals surface area contributed by atoms with Gasteiger partial charge in [-0.15, -0.1) is 0 Å². The number of carbonyl (C=O) groups is 2. The number of hydrogen-bond donors (Lipinski definition) is 3. The van der Waals surface area contributed by atoms with E-state index in [9.17, 15) is 14.4 Å². The molecule has 31 heavy (non-hydrogen) atoms. The van der Waals surface area contributed by atoms with Gasteiger partial charge < -0.3 is 4.74 Å². The zero-order valence-electron chi connectivity index (χ0n) is 17.4. The van der Waals surface area contributed by atoms with E-state index in [0.29, 0.717) is 34.4 Å². The Morgan fingerprint density at radius 3 is 2.45 bits per heavy atom. The number of aromatic nitrogens is 2. The van der Waals surface area contributed by atoms with Crippen LogP contribution in [0.2, 0.25) is 0 Å². The fraction of sp³-hybridized carbons (Fsp3) is 0.304. The molecule has 1 heterocycles. The minimum absolute atomic E-state index is 0.0949. The predicted octanol–water partition coefficient (Wildman–Crippen LogP) is 2.89. The van der Waals surface area contributed by atoms with Crippen LogP contribution in [0.25, 0.3) is 10.8 Å². The van der Waals surface area contributed by atoms with Crippen molar-refractivity contribution in [3.05, 3.63) is 70.1 Å². The maximum Gasteiger partial charge on any atom is 0.272 e. The first-order chi connectivity index (χ1) is 15.1. The number of H-pyrrole nitrogens is 1. The van der Waals surface area contributed by atoms with Gasteiger partial charge in [0.05, 0.1) is 24.1 Å². The van der Waals surface area contributed by atoms with Crippen molar-refractivity contribution >= 4 is 22.6 Å². The van der Waals surface area contributed by atoms with Gasteiger partial charge in [-0.2, -0.15) is 5.10 Å². The fourth-order valence-electron chi connectivity index (χ4n) is 3.12. The highest BCUT2D eigenvalue weighted by atomic mass is 16.5. The number of nitrogens with zero attached hydrogens (tertiary/aromatic N) is 1. The average Bonchev–Trinajstić information content (AvgIpc) is 2.80. The third-order valence-electron chi connectivity index (χ3n) is 4.80. The normalized spacial score (nSPS) is 10.6. The minimum atomic E-state index is -0.454. The van der Waals surface area contributed by atoms with Gasteiger partial charge in [0, 0.05) is 10.9 Å². The summed E-state index contributed by atoms with van der Waals surface area (Å²) >= 11 is 0. The van der Waals surface area contributed by atoms with E-state index in [4.69, 9.17) is 4.74 Å². The van der Waals surface area contributed by atoms with Crippen molar-refractivity contribution in [2.45, 2.75) is 39.0 Å². The van der Waals surface area contributed by atoms with Crippen LogP contribution in [-0.2, 0) is 11.2 Å². The quantitative estimate of drug-likeness (QED) is 0.362. The molecule has 3 N–H and O–H groups in total. The summed E-state index contributed by atoms with van der Waals surface area (Å²) in [4.78, 5) is 36.3. The van der Waals surface area contributed by atoms with Gasteiger partial charge >= 0.3 is 0 Å². The molecule has 0 aliphatic carbocycles. The van der Waals surface area contributed by atoms with E-state index < -0.39 is 11.8 Å². The van der Waals surface area contributed by atoms with Crippen LogP contribution in [-0.4, -0.2) is 28.6 Å². The second-order valence-corrected chi connectivity index (χ2v) is 7.16. The van der Waals surface area contributed by atoms with Gasteiger partial charge in [-0.3, -0.25) is 25.2 Å². The van der Waals surface area contributed by atoms with Crippen LogP contribution in [0.5, 0.6) is 5.75 Å². The number of hydrogen-bond acceptors (Lipinski definition) is 5. The first kappa shape index (κ1) is 22.0. The van der Waals surface area contributed by atoms with Crippen LogP contribution in [0.4, 0.5) is 0 Å². The summed E-state index contributed by atoms with van der Waals surface area (Å²) in [6.07, 6.45) is 4.42. The zero-order valence-corrected chi connectivity index (χ0v) is 17.4. The lowest BCUT2D eigenvalue weighted by Crippen LogP contribution is -2.42. The van der Waals surface area contributed by atoms with Gasteiger partial charge in [0.2, 0.25) is 5.91 Å². The van der Waals surface area contributed by atoms with Gasteiger partial charge in [-0.1, -0.05) is 44.4 Å². The van der Waals surface area contributed by atoms with Crippen molar-refractivity contribution in [1.82, 2.24) is 21.0 Å². The number of unbranched alkanes of at least 4 members (excludes halogenated alkanes) is 3. The van der Waals surface area contributed by atoms with E-state index in [1.54, 1.807) is 48.5 Å². The Balaban J connectivity index is 1.50. The standard InChI is InChI=1S/C23H26N4O4/c1-2-3-4-7-14-31-17-12-10-16(11-13-17)22(29)26-25-21(28)15-20-18-8-5-6-9-19(18)23(30)27-24-20/h5-6,8-13H,2-4,7,14-15H2,1H3,(H,25,28)(H,26,29)(H,27,30). The molecule has 1 aromatic heterocycles. The molecule has 0 fully saturated rings. The molecule has 162 valence electrons. The number of aromatic amines is 1. The average molecular weight is 422 g/mol. The molecule has 0 aliphatic heterocycles. The first-order valence-electron chi connectivity index (χ1n) is 10.4. The number of ether oxygens (including phenoxy) is 1. The number of hydrazine groups is 1. The smallest absolute Gasteiger partial charge is 0.272 e. The molecule has 0 atom stereocenters. The topological polar surface area (TPSA) is 113 Å². The molecule has 0 radical (unpaired) electrons. The maximum atomic E-state index is 12.3. The highest BCUT2D eigenvalue weighted by Crippen LogP contribution is 2.14. The molecule has 0 saturated carbocycles. The highest BCUT2D eigenvalue weighted by Gasteiger charge is 2.12. The van der Waals surface area contributed by atoms with Crippen LogP contribution in [0.3, 0.4) is 0 Å². The van der Waals surface area contributed by atoms with Gasteiger partial charge in [-0.25, -0.2) is 5.10 Å². The molecule has 8 heteroatoms. The Bertz CT molecular complexity index is 1090. The lowest BCUT2D eigenvalue weighted by atomic mass is 10.1. The van der Waals surface area contributed by atoms with Crippen molar-refractivity contribution < 1.29 is 14.3 Å². The third kappa shape index (κ3) is 6.15. The highest BCUT2D eigenvalue weighted by molar-refractivity contribution is 5.96. The van der Waals surface area contributed by atoms with E-state index >= 15 is 0 Å². The lowest BCUT2D eigenvalue weighted by Gasteiger charge is -2.09. The first-order valence-corrected chi connectivity index (χ1v) is 10.4. The second-order valence-electron chi connectivity index (χ2n) is 7.16. The van der Waals surface area contributed by atoms with Gasteiger partial charge in [0.15, 0.2) is 0 Å². The van der Waals surface area contributed by atoms with E-state index in [2.05, 4.69) is 28.0 Å². The summed E-state index contributed by atoms with van der Waals surface area (Å²) in [5.41, 5.74) is 5.26. The number of rotatable bonds is 9. The lowest BCUT2D eigenvalue weighted by molar-refractivity contribution is -0.121. The maximum absolute atomic E-state index is 12.3. The Labute approximate surface area is 180 Å². The number of carbonyl (C=O) groups excluding carboxylic acids is 2. The molecule has 8 nitrogen and oxygen atoms in total. The molecule has 0 aliphatic rings. The minimum Gasteiger partial charge on any atom is -0.494 e. The van der Waals surface area contributed by atoms with Crippen molar-refractivity contribution in [1.29, 1.82) is 0 Å². The predicted molar refractivity (Wildman–Crippen MR) is 118 cm³/mol. The van der Waals surface area contributed by atoms with Crippen LogP contribution >= 0.6 is 0 Å².